The average Bonchev–Trinajstić information content (AvgIpc) is 3.13. The molecule has 2 N–H and O–H groups in total. The van der Waals surface area contributed by atoms with E-state index in [1.165, 1.54) is 0 Å². The Morgan fingerprint density at radius 2 is 1.70 bits per heavy atom. The predicted molar refractivity (Wildman–Crippen MR) is 116 cm³/mol. The van der Waals surface area contributed by atoms with E-state index in [4.69, 9.17) is 9.15 Å². The second-order valence-corrected chi connectivity index (χ2v) is 7.30. The Morgan fingerprint density at radius 3 is 2.40 bits per heavy atom. The Morgan fingerprint density at radius 1 is 1.00 bits per heavy atom. The smallest absolute Gasteiger partial charge is 0.255 e. The number of carbonyl (C=O) groups is 1. The number of rotatable bonds is 4. The lowest BCUT2D eigenvalue weighted by Gasteiger charge is -2.10. The van der Waals surface area contributed by atoms with Crippen LogP contribution in [0.4, 0.5) is 5.69 Å². The lowest BCUT2D eigenvalue weighted by molar-refractivity contribution is 0.102. The molecule has 0 fully saturated rings. The van der Waals surface area contributed by atoms with Gasteiger partial charge in [0.1, 0.15) is 17.0 Å². The summed E-state index contributed by atoms with van der Waals surface area (Å²) in [7, 11) is 1.57. The molecule has 0 aliphatic carbocycles. The number of phenolic OH excluding ortho intramolecular Hbond substituents is 1. The van der Waals surface area contributed by atoms with Gasteiger partial charge in [-0.15, -0.1) is 0 Å². The number of hydrogen-bond donors (Lipinski definition) is 2. The SMILES string of the molecule is COc1ccc(C(=O)Nc2cc(C)c(O)c(-c3nc4cc(C)c(C)cc4o3)c2)cc1. The lowest BCUT2D eigenvalue weighted by Crippen LogP contribution is -2.12. The minimum atomic E-state index is -0.266. The van der Waals surface area contributed by atoms with Gasteiger partial charge in [-0.25, -0.2) is 4.98 Å². The van der Waals surface area contributed by atoms with E-state index >= 15 is 0 Å². The summed E-state index contributed by atoms with van der Waals surface area (Å²) in [5.74, 6) is 0.779. The molecule has 0 aliphatic rings. The Kier molecular flexibility index (Phi) is 4.91. The molecule has 1 aromatic heterocycles. The van der Waals surface area contributed by atoms with Crippen molar-refractivity contribution in [2.75, 3.05) is 12.4 Å². The Hall–Kier alpha value is -3.80. The molecule has 4 rings (SSSR count). The Labute approximate surface area is 174 Å². The first-order valence-corrected chi connectivity index (χ1v) is 9.53. The molecule has 0 saturated heterocycles. The molecule has 152 valence electrons. The zero-order valence-electron chi connectivity index (χ0n) is 17.2. The number of ether oxygens (including phenoxy) is 1. The van der Waals surface area contributed by atoms with Crippen molar-refractivity contribution in [1.29, 1.82) is 0 Å². The molecule has 1 amide bonds. The number of aryl methyl sites for hydroxylation is 3. The maximum Gasteiger partial charge on any atom is 0.255 e. The van der Waals surface area contributed by atoms with E-state index in [0.717, 1.165) is 16.6 Å². The van der Waals surface area contributed by atoms with Gasteiger partial charge in [0, 0.05) is 11.3 Å². The van der Waals surface area contributed by atoms with Crippen molar-refractivity contribution >= 4 is 22.7 Å². The van der Waals surface area contributed by atoms with E-state index in [-0.39, 0.29) is 11.7 Å². The number of benzene rings is 3. The van der Waals surface area contributed by atoms with Crippen LogP contribution in [-0.4, -0.2) is 23.1 Å². The molecule has 30 heavy (non-hydrogen) atoms. The van der Waals surface area contributed by atoms with Crippen LogP contribution >= 0.6 is 0 Å². The minimum Gasteiger partial charge on any atom is -0.507 e. The number of oxazole rings is 1. The Bertz CT molecular complexity index is 1220. The van der Waals surface area contributed by atoms with Gasteiger partial charge in [-0.3, -0.25) is 4.79 Å². The fourth-order valence-electron chi connectivity index (χ4n) is 3.26. The number of hydrogen-bond acceptors (Lipinski definition) is 5. The molecule has 0 bridgehead atoms. The van der Waals surface area contributed by atoms with Crippen LogP contribution in [0.2, 0.25) is 0 Å². The molecule has 1 heterocycles. The topological polar surface area (TPSA) is 84.6 Å². The summed E-state index contributed by atoms with van der Waals surface area (Å²) in [5, 5.41) is 13.5. The molecule has 6 nitrogen and oxygen atoms in total. The second-order valence-electron chi connectivity index (χ2n) is 7.30. The normalized spacial score (nSPS) is 10.9. The number of fused-ring (bicyclic) bond motifs is 1. The van der Waals surface area contributed by atoms with Crippen molar-refractivity contribution in [1.82, 2.24) is 4.98 Å². The first-order chi connectivity index (χ1) is 14.4. The summed E-state index contributed by atoms with van der Waals surface area (Å²) in [4.78, 5) is 17.2. The van der Waals surface area contributed by atoms with Gasteiger partial charge in [-0.1, -0.05) is 0 Å². The average molecular weight is 402 g/mol. The number of nitrogens with zero attached hydrogens (tertiary/aromatic N) is 1. The number of methoxy groups -OCH3 is 1. The molecular weight excluding hydrogens is 380 g/mol. The van der Waals surface area contributed by atoms with E-state index in [9.17, 15) is 9.90 Å². The summed E-state index contributed by atoms with van der Waals surface area (Å²) in [6.07, 6.45) is 0. The van der Waals surface area contributed by atoms with Gasteiger partial charge in [0.05, 0.1) is 12.7 Å². The molecule has 0 spiro atoms. The van der Waals surface area contributed by atoms with Gasteiger partial charge < -0.3 is 19.6 Å². The number of anilines is 1. The maximum absolute atomic E-state index is 12.6. The molecule has 0 radical (unpaired) electrons. The molecule has 0 aliphatic heterocycles. The van der Waals surface area contributed by atoms with Gasteiger partial charge in [-0.05, 0) is 86.0 Å². The van der Waals surface area contributed by atoms with Crippen molar-refractivity contribution < 1.29 is 19.1 Å². The van der Waals surface area contributed by atoms with Gasteiger partial charge in [0.25, 0.3) is 5.91 Å². The zero-order valence-corrected chi connectivity index (χ0v) is 17.2. The highest BCUT2D eigenvalue weighted by Crippen LogP contribution is 2.36. The minimum absolute atomic E-state index is 0.0671. The summed E-state index contributed by atoms with van der Waals surface area (Å²) >= 11 is 0. The highest BCUT2D eigenvalue weighted by molar-refractivity contribution is 6.04. The van der Waals surface area contributed by atoms with Crippen LogP contribution in [0.15, 0.2) is 52.9 Å². The standard InChI is InChI=1S/C24H22N2O4/c1-13-10-20-21(11-14(13)2)30-24(26-20)19-12-17(9-15(3)22(19)27)25-23(28)16-5-7-18(29-4)8-6-16/h5-12,27H,1-4H3,(H,25,28). The molecule has 6 heteroatoms. The number of aromatic nitrogens is 1. The number of aromatic hydroxyl groups is 1. The van der Waals surface area contributed by atoms with Crippen molar-refractivity contribution in [3.63, 3.8) is 0 Å². The fourth-order valence-corrected chi connectivity index (χ4v) is 3.26. The highest BCUT2D eigenvalue weighted by Gasteiger charge is 2.17. The zero-order chi connectivity index (χ0) is 21.4. The lowest BCUT2D eigenvalue weighted by atomic mass is 10.1. The van der Waals surface area contributed by atoms with Gasteiger partial charge >= 0.3 is 0 Å². The van der Waals surface area contributed by atoms with Gasteiger partial charge in [0.15, 0.2) is 5.58 Å². The number of nitrogens with one attached hydrogen (secondary N) is 1. The van der Waals surface area contributed by atoms with E-state index < -0.39 is 0 Å². The summed E-state index contributed by atoms with van der Waals surface area (Å²) in [5.41, 5.74) is 5.65. The van der Waals surface area contributed by atoms with Crippen LogP contribution in [-0.2, 0) is 0 Å². The third kappa shape index (κ3) is 3.59. The van der Waals surface area contributed by atoms with Crippen LogP contribution in [0.5, 0.6) is 11.5 Å². The largest absolute Gasteiger partial charge is 0.507 e. The van der Waals surface area contributed by atoms with Crippen LogP contribution in [0.3, 0.4) is 0 Å². The van der Waals surface area contributed by atoms with E-state index in [0.29, 0.717) is 39.6 Å². The van der Waals surface area contributed by atoms with Crippen LogP contribution in [0.1, 0.15) is 27.0 Å². The van der Waals surface area contributed by atoms with E-state index in [1.807, 2.05) is 26.0 Å². The number of amides is 1. The molecule has 0 saturated carbocycles. The highest BCUT2D eigenvalue weighted by atomic mass is 16.5. The van der Waals surface area contributed by atoms with Gasteiger partial charge in [-0.2, -0.15) is 0 Å². The number of carbonyl (C=O) groups excluding carboxylic acids is 1. The molecule has 3 aromatic carbocycles. The molecule has 0 unspecified atom stereocenters. The van der Waals surface area contributed by atoms with E-state index in [2.05, 4.69) is 10.3 Å². The van der Waals surface area contributed by atoms with Crippen molar-refractivity contribution in [3.05, 3.63) is 70.8 Å². The van der Waals surface area contributed by atoms with Crippen molar-refractivity contribution in [2.45, 2.75) is 20.8 Å². The van der Waals surface area contributed by atoms with Crippen LogP contribution in [0.25, 0.3) is 22.6 Å². The van der Waals surface area contributed by atoms with Gasteiger partial charge in [0.2, 0.25) is 5.89 Å². The predicted octanol–water partition coefficient (Wildman–Crippen LogP) is 5.39. The van der Waals surface area contributed by atoms with Crippen LogP contribution < -0.4 is 10.1 Å². The molecular formula is C24H22N2O4. The first kappa shape index (κ1) is 19.5. The first-order valence-electron chi connectivity index (χ1n) is 9.53. The monoisotopic (exact) mass is 402 g/mol. The second kappa shape index (κ2) is 7.55. The van der Waals surface area contributed by atoms with E-state index in [1.54, 1.807) is 50.4 Å². The summed E-state index contributed by atoms with van der Waals surface area (Å²) in [6.45, 7) is 5.78. The quantitative estimate of drug-likeness (QED) is 0.447. The maximum atomic E-state index is 12.6. The number of phenols is 1. The molecule has 0 atom stereocenters. The third-order valence-corrected chi connectivity index (χ3v) is 5.14. The summed E-state index contributed by atoms with van der Waals surface area (Å²) in [6, 6.07) is 14.1. The van der Waals surface area contributed by atoms with Crippen molar-refractivity contribution in [3.8, 4) is 23.0 Å². The molecule has 4 aromatic rings. The van der Waals surface area contributed by atoms with Crippen LogP contribution in [0, 0.1) is 20.8 Å². The summed E-state index contributed by atoms with van der Waals surface area (Å²) < 4.78 is 11.0. The Balaban J connectivity index is 1.69. The third-order valence-electron chi connectivity index (χ3n) is 5.14. The fraction of sp³-hybridized carbons (Fsp3) is 0.167. The van der Waals surface area contributed by atoms with Crippen molar-refractivity contribution in [2.24, 2.45) is 0 Å².